The van der Waals surface area contributed by atoms with Crippen molar-refractivity contribution in [2.75, 3.05) is 24.6 Å². The fourth-order valence-corrected chi connectivity index (χ4v) is 2.14. The molecule has 0 spiro atoms. The summed E-state index contributed by atoms with van der Waals surface area (Å²) in [6.45, 7) is 6.60. The van der Waals surface area contributed by atoms with E-state index in [0.29, 0.717) is 18.4 Å². The number of aliphatic hydroxyl groups is 1. The van der Waals surface area contributed by atoms with Crippen LogP contribution < -0.4 is 4.90 Å². The maximum atomic E-state index is 9.11. The zero-order valence-corrected chi connectivity index (χ0v) is 10.1. The molecular formula is C13H20N2O. The summed E-state index contributed by atoms with van der Waals surface area (Å²) in [5.41, 5.74) is 2.32. The molecule has 88 valence electrons. The molecular weight excluding hydrogens is 200 g/mol. The zero-order valence-electron chi connectivity index (χ0n) is 10.1. The SMILES string of the molecule is CC(C)c1ccc(N2CC[C@H](CO)C2)cn1. The first-order chi connectivity index (χ1) is 7.70. The van der Waals surface area contributed by atoms with E-state index in [1.807, 2.05) is 6.20 Å². The lowest BCUT2D eigenvalue weighted by Gasteiger charge is -2.18. The second-order valence-corrected chi connectivity index (χ2v) is 4.88. The third-order valence-corrected chi connectivity index (χ3v) is 3.27. The number of hydrogen-bond acceptors (Lipinski definition) is 3. The van der Waals surface area contributed by atoms with Crippen molar-refractivity contribution in [3.8, 4) is 0 Å². The van der Waals surface area contributed by atoms with Crippen LogP contribution in [0.25, 0.3) is 0 Å². The summed E-state index contributed by atoms with van der Waals surface area (Å²) in [5.74, 6) is 0.919. The van der Waals surface area contributed by atoms with Gasteiger partial charge in [0, 0.05) is 31.3 Å². The largest absolute Gasteiger partial charge is 0.396 e. The van der Waals surface area contributed by atoms with Crippen LogP contribution in [0.4, 0.5) is 5.69 Å². The van der Waals surface area contributed by atoms with Crippen LogP contribution in [0.2, 0.25) is 0 Å². The molecule has 0 unspecified atom stereocenters. The molecule has 1 saturated heterocycles. The summed E-state index contributed by atoms with van der Waals surface area (Å²) in [7, 11) is 0. The molecule has 1 aromatic rings. The number of nitrogens with zero attached hydrogens (tertiary/aromatic N) is 2. The van der Waals surface area contributed by atoms with Gasteiger partial charge in [-0.2, -0.15) is 0 Å². The zero-order chi connectivity index (χ0) is 11.5. The van der Waals surface area contributed by atoms with E-state index in [0.717, 1.165) is 25.2 Å². The van der Waals surface area contributed by atoms with Gasteiger partial charge in [-0.1, -0.05) is 13.8 Å². The summed E-state index contributed by atoms with van der Waals surface area (Å²) in [5, 5.41) is 9.11. The van der Waals surface area contributed by atoms with Gasteiger partial charge >= 0.3 is 0 Å². The second kappa shape index (κ2) is 4.83. The number of anilines is 1. The Kier molecular flexibility index (Phi) is 3.44. The number of rotatable bonds is 3. The quantitative estimate of drug-likeness (QED) is 0.846. The lowest BCUT2D eigenvalue weighted by Crippen LogP contribution is -2.20. The predicted molar refractivity (Wildman–Crippen MR) is 65.7 cm³/mol. The first-order valence-corrected chi connectivity index (χ1v) is 6.02. The van der Waals surface area contributed by atoms with Crippen molar-refractivity contribution < 1.29 is 5.11 Å². The fourth-order valence-electron chi connectivity index (χ4n) is 2.14. The summed E-state index contributed by atoms with van der Waals surface area (Å²) >= 11 is 0. The summed E-state index contributed by atoms with van der Waals surface area (Å²) in [4.78, 5) is 6.77. The molecule has 1 aromatic heterocycles. The molecule has 1 aliphatic rings. The van der Waals surface area contributed by atoms with Gasteiger partial charge in [0.25, 0.3) is 0 Å². The second-order valence-electron chi connectivity index (χ2n) is 4.88. The van der Waals surface area contributed by atoms with Gasteiger partial charge in [-0.25, -0.2) is 0 Å². The maximum absolute atomic E-state index is 9.11. The highest BCUT2D eigenvalue weighted by atomic mass is 16.3. The van der Waals surface area contributed by atoms with Crippen molar-refractivity contribution in [1.29, 1.82) is 0 Å². The van der Waals surface area contributed by atoms with E-state index in [2.05, 4.69) is 35.9 Å². The Morgan fingerprint density at radius 1 is 1.50 bits per heavy atom. The standard InChI is InChI=1S/C13H20N2O/c1-10(2)13-4-3-12(7-14-13)15-6-5-11(8-15)9-16/h3-4,7,10-11,16H,5-6,8-9H2,1-2H3/t11-/m0/s1. The Morgan fingerprint density at radius 2 is 2.31 bits per heavy atom. The number of hydrogen-bond donors (Lipinski definition) is 1. The average molecular weight is 220 g/mol. The predicted octanol–water partition coefficient (Wildman–Crippen LogP) is 2.02. The van der Waals surface area contributed by atoms with Gasteiger partial charge in [-0.05, 0) is 24.5 Å². The number of aliphatic hydroxyl groups excluding tert-OH is 1. The van der Waals surface area contributed by atoms with Crippen molar-refractivity contribution in [3.05, 3.63) is 24.0 Å². The highest BCUT2D eigenvalue weighted by Crippen LogP contribution is 2.23. The molecule has 2 heterocycles. The van der Waals surface area contributed by atoms with Gasteiger partial charge in [0.1, 0.15) is 0 Å². The van der Waals surface area contributed by atoms with Crippen molar-refractivity contribution >= 4 is 5.69 Å². The Morgan fingerprint density at radius 3 is 2.81 bits per heavy atom. The molecule has 2 rings (SSSR count). The van der Waals surface area contributed by atoms with Crippen LogP contribution in [-0.4, -0.2) is 29.8 Å². The van der Waals surface area contributed by atoms with Crippen molar-refractivity contribution in [1.82, 2.24) is 4.98 Å². The molecule has 3 heteroatoms. The average Bonchev–Trinajstić information content (AvgIpc) is 2.77. The van der Waals surface area contributed by atoms with Crippen LogP contribution >= 0.6 is 0 Å². The molecule has 0 aromatic carbocycles. The molecule has 16 heavy (non-hydrogen) atoms. The number of aromatic nitrogens is 1. The summed E-state index contributed by atoms with van der Waals surface area (Å²) < 4.78 is 0. The van der Waals surface area contributed by atoms with Crippen molar-refractivity contribution in [2.24, 2.45) is 5.92 Å². The molecule has 0 amide bonds. The van der Waals surface area contributed by atoms with E-state index in [1.54, 1.807) is 0 Å². The van der Waals surface area contributed by atoms with Gasteiger partial charge < -0.3 is 10.0 Å². The van der Waals surface area contributed by atoms with Crippen LogP contribution in [0.15, 0.2) is 18.3 Å². The Balaban J connectivity index is 2.05. The minimum absolute atomic E-state index is 0.300. The van der Waals surface area contributed by atoms with E-state index in [4.69, 9.17) is 5.11 Å². The molecule has 0 aliphatic carbocycles. The Bertz CT molecular complexity index is 334. The molecule has 0 saturated carbocycles. The first kappa shape index (κ1) is 11.4. The minimum atomic E-state index is 0.300. The Hall–Kier alpha value is -1.09. The summed E-state index contributed by atoms with van der Waals surface area (Å²) in [6.07, 6.45) is 3.04. The number of pyridine rings is 1. The molecule has 1 atom stereocenters. The normalized spacial score (nSPS) is 20.8. The van der Waals surface area contributed by atoms with Crippen LogP contribution in [0, 0.1) is 5.92 Å². The smallest absolute Gasteiger partial charge is 0.0553 e. The van der Waals surface area contributed by atoms with Crippen LogP contribution in [0.1, 0.15) is 31.9 Å². The van der Waals surface area contributed by atoms with Gasteiger partial charge in [0.05, 0.1) is 11.9 Å². The van der Waals surface area contributed by atoms with Gasteiger partial charge in [0.15, 0.2) is 0 Å². The molecule has 0 radical (unpaired) electrons. The van der Waals surface area contributed by atoms with Gasteiger partial charge in [-0.3, -0.25) is 4.98 Å². The van der Waals surface area contributed by atoms with Crippen LogP contribution in [0.5, 0.6) is 0 Å². The van der Waals surface area contributed by atoms with E-state index < -0.39 is 0 Å². The Labute approximate surface area is 97.1 Å². The fraction of sp³-hybridized carbons (Fsp3) is 0.615. The van der Waals surface area contributed by atoms with Gasteiger partial charge in [-0.15, -0.1) is 0 Å². The van der Waals surface area contributed by atoms with E-state index in [1.165, 1.54) is 5.69 Å². The first-order valence-electron chi connectivity index (χ1n) is 6.02. The lowest BCUT2D eigenvalue weighted by molar-refractivity contribution is 0.238. The van der Waals surface area contributed by atoms with E-state index >= 15 is 0 Å². The topological polar surface area (TPSA) is 36.4 Å². The maximum Gasteiger partial charge on any atom is 0.0553 e. The third kappa shape index (κ3) is 2.35. The molecule has 1 aliphatic heterocycles. The highest BCUT2D eigenvalue weighted by Gasteiger charge is 2.21. The minimum Gasteiger partial charge on any atom is -0.396 e. The van der Waals surface area contributed by atoms with Gasteiger partial charge in [0.2, 0.25) is 0 Å². The van der Waals surface area contributed by atoms with Crippen molar-refractivity contribution in [3.63, 3.8) is 0 Å². The highest BCUT2D eigenvalue weighted by molar-refractivity contribution is 5.45. The van der Waals surface area contributed by atoms with E-state index in [9.17, 15) is 0 Å². The lowest BCUT2D eigenvalue weighted by atomic mass is 10.1. The van der Waals surface area contributed by atoms with Crippen molar-refractivity contribution in [2.45, 2.75) is 26.2 Å². The van der Waals surface area contributed by atoms with E-state index in [-0.39, 0.29) is 0 Å². The van der Waals surface area contributed by atoms with Crippen LogP contribution in [0.3, 0.4) is 0 Å². The van der Waals surface area contributed by atoms with Crippen LogP contribution in [-0.2, 0) is 0 Å². The molecule has 3 nitrogen and oxygen atoms in total. The molecule has 1 N–H and O–H groups in total. The monoisotopic (exact) mass is 220 g/mol. The summed E-state index contributed by atoms with van der Waals surface area (Å²) in [6, 6.07) is 4.24. The molecule has 1 fully saturated rings. The molecule has 0 bridgehead atoms. The third-order valence-electron chi connectivity index (χ3n) is 3.27.